The van der Waals surface area contributed by atoms with Crippen molar-refractivity contribution in [1.29, 1.82) is 0 Å². The van der Waals surface area contributed by atoms with Crippen LogP contribution in [0.3, 0.4) is 0 Å². The number of hydrogen-bond donors (Lipinski definition) is 2. The Hall–Kier alpha value is -1.83. The molecule has 2 aliphatic carbocycles. The average molecular weight is 364 g/mol. The lowest BCUT2D eigenvalue weighted by Crippen LogP contribution is -2.18. The molecule has 7 heteroatoms. The van der Waals surface area contributed by atoms with Crippen molar-refractivity contribution in [3.05, 3.63) is 53.1 Å². The highest BCUT2D eigenvalue weighted by molar-refractivity contribution is 7.89. The third-order valence-corrected chi connectivity index (χ3v) is 5.99. The van der Waals surface area contributed by atoms with Crippen molar-refractivity contribution in [3.63, 3.8) is 0 Å². The highest BCUT2D eigenvalue weighted by atomic mass is 32.2. The maximum absolute atomic E-state index is 13.4. The van der Waals surface area contributed by atoms with Gasteiger partial charge in [-0.1, -0.05) is 24.3 Å². The Morgan fingerprint density at radius 1 is 1.04 bits per heavy atom. The van der Waals surface area contributed by atoms with E-state index in [0.29, 0.717) is 23.1 Å². The number of primary sulfonamides is 1. The number of alkyl halides is 2. The maximum Gasteiger partial charge on any atom is 0.255 e. The molecule has 4 nitrogen and oxygen atoms in total. The molecule has 2 aromatic carbocycles. The topological polar surface area (TPSA) is 86.2 Å². The first-order valence-corrected chi connectivity index (χ1v) is 9.62. The fraction of sp³-hybridized carbons (Fsp3) is 0.333. The number of sulfonamides is 1. The molecule has 4 rings (SSSR count). The van der Waals surface area contributed by atoms with Crippen molar-refractivity contribution < 1.29 is 17.2 Å². The number of rotatable bonds is 3. The van der Waals surface area contributed by atoms with Gasteiger partial charge in [-0.3, -0.25) is 0 Å². The summed E-state index contributed by atoms with van der Waals surface area (Å²) in [5, 5.41) is 5.33. The second-order valence-corrected chi connectivity index (χ2v) is 8.50. The van der Waals surface area contributed by atoms with Gasteiger partial charge in [0.05, 0.1) is 10.8 Å². The molecule has 2 aromatic rings. The van der Waals surface area contributed by atoms with Gasteiger partial charge in [-0.15, -0.1) is 0 Å². The van der Waals surface area contributed by atoms with Gasteiger partial charge >= 0.3 is 0 Å². The molecule has 2 atom stereocenters. The zero-order chi connectivity index (χ0) is 18.0. The Labute approximate surface area is 144 Å². The predicted molar refractivity (Wildman–Crippen MR) is 90.9 cm³/mol. The highest BCUT2D eigenvalue weighted by Gasteiger charge is 2.57. The first-order chi connectivity index (χ1) is 11.6. The van der Waals surface area contributed by atoms with Crippen LogP contribution in [0, 0.1) is 0 Å². The lowest BCUT2D eigenvalue weighted by atomic mass is 9.98. The zero-order valence-electron chi connectivity index (χ0n) is 13.4. The van der Waals surface area contributed by atoms with Crippen LogP contribution >= 0.6 is 0 Å². The minimum atomic E-state index is -3.97. The van der Waals surface area contributed by atoms with Gasteiger partial charge in [0.1, 0.15) is 0 Å². The summed E-state index contributed by atoms with van der Waals surface area (Å²) >= 11 is 0. The standard InChI is InChI=1S/C18H18F2N2O2S/c19-18(20)9-16(18)12-3-4-17(25(22,23)24)15(8-12)11-2-1-10-6-14(21)7-13(10)5-11/h1-5,8,14,16H,6-7,9,21H2,(H2,22,23,24)/t14-,16?/m1/s1. The summed E-state index contributed by atoms with van der Waals surface area (Å²) < 4.78 is 50.7. The largest absolute Gasteiger partial charge is 0.327 e. The van der Waals surface area contributed by atoms with Crippen LogP contribution in [0.4, 0.5) is 8.78 Å². The predicted octanol–water partition coefficient (Wildman–Crippen LogP) is 2.55. The van der Waals surface area contributed by atoms with Crippen LogP contribution in [0.15, 0.2) is 41.3 Å². The Morgan fingerprint density at radius 2 is 1.72 bits per heavy atom. The maximum atomic E-state index is 13.4. The van der Waals surface area contributed by atoms with Gasteiger partial charge in [-0.2, -0.15) is 0 Å². The molecule has 0 bridgehead atoms. The average Bonchev–Trinajstić information content (AvgIpc) is 2.99. The van der Waals surface area contributed by atoms with Crippen LogP contribution in [0.5, 0.6) is 0 Å². The minimum absolute atomic E-state index is 0.0533. The molecule has 1 saturated carbocycles. The Morgan fingerprint density at radius 3 is 2.36 bits per heavy atom. The van der Waals surface area contributed by atoms with E-state index >= 15 is 0 Å². The molecule has 0 saturated heterocycles. The van der Waals surface area contributed by atoms with Crippen molar-refractivity contribution >= 4 is 10.0 Å². The second-order valence-electron chi connectivity index (χ2n) is 6.97. The van der Waals surface area contributed by atoms with E-state index in [-0.39, 0.29) is 17.4 Å². The summed E-state index contributed by atoms with van der Waals surface area (Å²) in [7, 11) is -3.97. The van der Waals surface area contributed by atoms with Crippen molar-refractivity contribution in [3.8, 4) is 11.1 Å². The lowest BCUT2D eigenvalue weighted by molar-refractivity contribution is 0.112. The molecule has 0 heterocycles. The third kappa shape index (κ3) is 2.96. The highest BCUT2D eigenvalue weighted by Crippen LogP contribution is 2.56. The van der Waals surface area contributed by atoms with Gasteiger partial charge in [-0.05, 0) is 47.2 Å². The van der Waals surface area contributed by atoms with E-state index in [4.69, 9.17) is 10.9 Å². The first kappa shape index (κ1) is 16.6. The van der Waals surface area contributed by atoms with E-state index in [0.717, 1.165) is 17.5 Å². The van der Waals surface area contributed by atoms with Crippen LogP contribution < -0.4 is 10.9 Å². The van der Waals surface area contributed by atoms with E-state index in [1.54, 1.807) is 6.07 Å². The van der Waals surface area contributed by atoms with Crippen LogP contribution in [0.25, 0.3) is 11.1 Å². The summed E-state index contributed by atoms with van der Waals surface area (Å²) in [6.07, 6.45) is 1.29. The summed E-state index contributed by atoms with van der Waals surface area (Å²) in [5.74, 6) is -3.57. The number of hydrogen-bond acceptors (Lipinski definition) is 3. The Balaban J connectivity index is 1.85. The Kier molecular flexibility index (Phi) is 3.55. The van der Waals surface area contributed by atoms with Gasteiger partial charge in [0.15, 0.2) is 0 Å². The number of fused-ring (bicyclic) bond motifs is 1. The number of benzene rings is 2. The summed E-state index contributed by atoms with van der Waals surface area (Å²) in [6.45, 7) is 0. The second kappa shape index (κ2) is 5.33. The number of halogens is 2. The van der Waals surface area contributed by atoms with Crippen LogP contribution in [0.1, 0.15) is 29.0 Å². The van der Waals surface area contributed by atoms with E-state index in [2.05, 4.69) is 0 Å². The van der Waals surface area contributed by atoms with Gasteiger partial charge in [0.25, 0.3) is 5.92 Å². The van der Waals surface area contributed by atoms with Crippen molar-refractivity contribution in [2.24, 2.45) is 10.9 Å². The number of nitrogens with two attached hydrogens (primary N) is 2. The molecule has 25 heavy (non-hydrogen) atoms. The van der Waals surface area contributed by atoms with E-state index < -0.39 is 21.9 Å². The molecule has 1 unspecified atom stereocenters. The Bertz CT molecular complexity index is 973. The quantitative estimate of drug-likeness (QED) is 0.878. The molecule has 1 fully saturated rings. The molecule has 0 spiro atoms. The van der Waals surface area contributed by atoms with Gasteiger partial charge in [0, 0.05) is 18.0 Å². The summed E-state index contributed by atoms with van der Waals surface area (Å²) in [6, 6.07) is 9.95. The smallest absolute Gasteiger partial charge is 0.255 e. The van der Waals surface area contributed by atoms with Gasteiger partial charge < -0.3 is 5.73 Å². The summed E-state index contributed by atoms with van der Waals surface area (Å²) in [5.41, 5.74) is 9.63. The van der Waals surface area contributed by atoms with Crippen LogP contribution in [-0.2, 0) is 22.9 Å². The monoisotopic (exact) mass is 364 g/mol. The molecule has 132 valence electrons. The van der Waals surface area contributed by atoms with E-state index in [1.807, 2.05) is 12.1 Å². The SMILES string of the molecule is N[C@@H]1Cc2ccc(-c3cc(C4CC4(F)F)ccc3S(N)(=O)=O)cc2C1. The molecule has 0 aliphatic heterocycles. The molecule has 2 aliphatic rings. The molecule has 0 aromatic heterocycles. The fourth-order valence-corrected chi connectivity index (χ4v) is 4.37. The van der Waals surface area contributed by atoms with E-state index in [1.165, 1.54) is 18.2 Å². The molecular formula is C18H18F2N2O2S. The zero-order valence-corrected chi connectivity index (χ0v) is 14.2. The fourth-order valence-electron chi connectivity index (χ4n) is 3.63. The third-order valence-electron chi connectivity index (χ3n) is 5.02. The van der Waals surface area contributed by atoms with Gasteiger partial charge in [-0.25, -0.2) is 22.3 Å². The molecule has 0 radical (unpaired) electrons. The first-order valence-electron chi connectivity index (χ1n) is 8.07. The molecule has 0 amide bonds. The summed E-state index contributed by atoms with van der Waals surface area (Å²) in [4.78, 5) is -0.0533. The van der Waals surface area contributed by atoms with Crippen molar-refractivity contribution in [1.82, 2.24) is 0 Å². The normalized spacial score (nSPS) is 24.2. The van der Waals surface area contributed by atoms with Crippen LogP contribution in [0.2, 0.25) is 0 Å². The molecular weight excluding hydrogens is 346 g/mol. The van der Waals surface area contributed by atoms with E-state index in [9.17, 15) is 17.2 Å². The van der Waals surface area contributed by atoms with Crippen LogP contribution in [-0.4, -0.2) is 20.4 Å². The minimum Gasteiger partial charge on any atom is -0.327 e. The van der Waals surface area contributed by atoms with Gasteiger partial charge in [0.2, 0.25) is 10.0 Å². The van der Waals surface area contributed by atoms with Crippen molar-refractivity contribution in [2.75, 3.05) is 0 Å². The lowest BCUT2D eigenvalue weighted by Gasteiger charge is -2.12. The molecule has 4 N–H and O–H groups in total. The van der Waals surface area contributed by atoms with Crippen molar-refractivity contribution in [2.45, 2.75) is 42.0 Å².